The van der Waals surface area contributed by atoms with Crippen LogP contribution in [0.15, 0.2) is 22.0 Å². The van der Waals surface area contributed by atoms with Crippen LogP contribution in [0.4, 0.5) is 0 Å². The van der Waals surface area contributed by atoms with Crippen LogP contribution in [0.5, 0.6) is 5.75 Å². The maximum atomic E-state index is 9.67. The number of nitrogens with zero attached hydrogens (tertiary/aromatic N) is 1. The molecule has 0 fully saturated rings. The van der Waals surface area contributed by atoms with Crippen molar-refractivity contribution in [2.45, 2.75) is 6.42 Å². The highest BCUT2D eigenvalue weighted by atomic mass is 79.9. The van der Waals surface area contributed by atoms with Gasteiger partial charge in [-0.2, -0.15) is 5.26 Å². The van der Waals surface area contributed by atoms with E-state index < -0.39 is 0 Å². The van der Waals surface area contributed by atoms with Crippen LogP contribution in [-0.4, -0.2) is 5.11 Å². The molecule has 0 amide bonds. The number of aromatic hydroxyl groups is 1. The summed E-state index contributed by atoms with van der Waals surface area (Å²) in [5.41, 5.74) is 0.880. The predicted octanol–water partition coefficient (Wildman–Crippen LogP) is 3.44. The Kier molecular flexibility index (Phi) is 2.44. The van der Waals surface area contributed by atoms with Crippen LogP contribution in [0.2, 0.25) is 0 Å². The molecule has 0 radical (unpaired) electrons. The molecule has 1 heterocycles. The molecule has 0 bridgehead atoms. The molecule has 14 heavy (non-hydrogen) atoms. The number of benzene rings is 1. The van der Waals surface area contributed by atoms with Gasteiger partial charge < -0.3 is 5.11 Å². The summed E-state index contributed by atoms with van der Waals surface area (Å²) in [7, 11) is 0. The lowest BCUT2D eigenvalue weighted by atomic mass is 10.1. The summed E-state index contributed by atoms with van der Waals surface area (Å²) >= 11 is 4.94. The highest BCUT2D eigenvalue weighted by Gasteiger charge is 2.12. The van der Waals surface area contributed by atoms with Gasteiger partial charge >= 0.3 is 0 Å². The van der Waals surface area contributed by atoms with Gasteiger partial charge in [-0.05, 0) is 28.1 Å². The molecule has 0 atom stereocenters. The van der Waals surface area contributed by atoms with Crippen LogP contribution in [0.3, 0.4) is 0 Å². The molecule has 70 valence electrons. The van der Waals surface area contributed by atoms with Gasteiger partial charge in [0.15, 0.2) is 0 Å². The second kappa shape index (κ2) is 3.60. The average molecular weight is 268 g/mol. The molecule has 0 saturated carbocycles. The summed E-state index contributed by atoms with van der Waals surface area (Å²) in [4.78, 5) is 0. The fourth-order valence-electron chi connectivity index (χ4n) is 1.40. The number of fused-ring (bicyclic) bond motifs is 1. The summed E-state index contributed by atoms with van der Waals surface area (Å²) in [6.07, 6.45) is 0.318. The lowest BCUT2D eigenvalue weighted by Gasteiger charge is -1.96. The van der Waals surface area contributed by atoms with Gasteiger partial charge in [0.05, 0.1) is 16.3 Å². The van der Waals surface area contributed by atoms with E-state index in [0.717, 1.165) is 19.4 Å². The number of halogens is 1. The molecular weight excluding hydrogens is 262 g/mol. The fraction of sp³-hybridized carbons (Fsp3) is 0.100. The van der Waals surface area contributed by atoms with E-state index in [1.165, 1.54) is 11.3 Å². The fourth-order valence-corrected chi connectivity index (χ4v) is 3.23. The minimum Gasteiger partial charge on any atom is -0.507 e. The van der Waals surface area contributed by atoms with Gasteiger partial charge in [-0.3, -0.25) is 0 Å². The molecule has 1 aromatic heterocycles. The molecule has 2 rings (SSSR count). The van der Waals surface area contributed by atoms with Crippen LogP contribution in [0.25, 0.3) is 10.1 Å². The predicted molar refractivity (Wildman–Crippen MR) is 60.5 cm³/mol. The summed E-state index contributed by atoms with van der Waals surface area (Å²) in [5, 5.41) is 19.1. The first-order valence-corrected chi connectivity index (χ1v) is 5.61. The Bertz CT molecular complexity index is 527. The number of hydrogen-bond donors (Lipinski definition) is 1. The monoisotopic (exact) mass is 267 g/mol. The Hall–Kier alpha value is -1.05. The van der Waals surface area contributed by atoms with Crippen molar-refractivity contribution >= 4 is 37.4 Å². The SMILES string of the molecule is N#CCc1c(Br)sc2cccc(O)c12. The van der Waals surface area contributed by atoms with Gasteiger partial charge in [-0.15, -0.1) is 11.3 Å². The number of thiophene rings is 1. The quantitative estimate of drug-likeness (QED) is 0.861. The van der Waals surface area contributed by atoms with Crippen molar-refractivity contribution in [2.24, 2.45) is 0 Å². The largest absolute Gasteiger partial charge is 0.507 e. The van der Waals surface area contributed by atoms with Gasteiger partial charge in [0.2, 0.25) is 0 Å². The number of rotatable bonds is 1. The van der Waals surface area contributed by atoms with Gasteiger partial charge in [0.1, 0.15) is 5.75 Å². The maximum absolute atomic E-state index is 9.67. The van der Waals surface area contributed by atoms with E-state index in [0.29, 0.717) is 6.42 Å². The van der Waals surface area contributed by atoms with Crippen LogP contribution in [0.1, 0.15) is 5.56 Å². The van der Waals surface area contributed by atoms with Gasteiger partial charge in [0, 0.05) is 15.6 Å². The molecule has 0 aliphatic rings. The lowest BCUT2D eigenvalue weighted by molar-refractivity contribution is 0.481. The van der Waals surface area contributed by atoms with Crippen molar-refractivity contribution in [3.63, 3.8) is 0 Å². The second-order valence-corrected chi connectivity index (χ2v) is 5.21. The molecule has 2 aromatic rings. The minimum atomic E-state index is 0.245. The highest BCUT2D eigenvalue weighted by Crippen LogP contribution is 2.39. The van der Waals surface area contributed by atoms with Crippen LogP contribution < -0.4 is 0 Å². The van der Waals surface area contributed by atoms with Crippen molar-refractivity contribution in [2.75, 3.05) is 0 Å². The lowest BCUT2D eigenvalue weighted by Crippen LogP contribution is -1.79. The third kappa shape index (κ3) is 1.39. The van der Waals surface area contributed by atoms with Crippen LogP contribution >= 0.6 is 27.3 Å². The average Bonchev–Trinajstić information content (AvgIpc) is 2.45. The van der Waals surface area contributed by atoms with E-state index in [1.54, 1.807) is 12.1 Å². The van der Waals surface area contributed by atoms with E-state index in [-0.39, 0.29) is 5.75 Å². The molecule has 0 aliphatic carbocycles. The second-order valence-electron chi connectivity index (χ2n) is 2.84. The third-order valence-electron chi connectivity index (χ3n) is 2.00. The molecule has 0 unspecified atom stereocenters. The standard InChI is InChI=1S/C10H6BrNOS/c11-10-6(4-5-12)9-7(13)2-1-3-8(9)14-10/h1-3,13H,4H2. The normalized spacial score (nSPS) is 10.3. The summed E-state index contributed by atoms with van der Waals surface area (Å²) in [6.45, 7) is 0. The number of nitriles is 1. The third-order valence-corrected chi connectivity index (χ3v) is 3.95. The molecule has 4 heteroatoms. The number of phenolic OH excluding ortho intramolecular Hbond substituents is 1. The Morgan fingerprint density at radius 3 is 3.00 bits per heavy atom. The molecule has 2 nitrogen and oxygen atoms in total. The summed E-state index contributed by atoms with van der Waals surface area (Å²) in [5.74, 6) is 0.245. The molecule has 1 N–H and O–H groups in total. The molecule has 0 saturated heterocycles. The minimum absolute atomic E-state index is 0.245. The molecule has 1 aromatic carbocycles. The number of phenols is 1. The summed E-state index contributed by atoms with van der Waals surface area (Å²) in [6, 6.07) is 7.48. The van der Waals surface area contributed by atoms with E-state index in [9.17, 15) is 5.11 Å². The van der Waals surface area contributed by atoms with Gasteiger partial charge in [-0.1, -0.05) is 6.07 Å². The first kappa shape index (κ1) is 9.50. The van der Waals surface area contributed by atoms with Crippen molar-refractivity contribution < 1.29 is 5.11 Å². The van der Waals surface area contributed by atoms with E-state index in [2.05, 4.69) is 22.0 Å². The molecular formula is C10H6BrNOS. The Labute approximate surface area is 93.5 Å². The van der Waals surface area contributed by atoms with Crippen molar-refractivity contribution in [1.29, 1.82) is 5.26 Å². The van der Waals surface area contributed by atoms with Crippen molar-refractivity contribution in [3.8, 4) is 11.8 Å². The van der Waals surface area contributed by atoms with E-state index in [1.807, 2.05) is 6.07 Å². The maximum Gasteiger partial charge on any atom is 0.124 e. The Balaban J connectivity index is 2.81. The van der Waals surface area contributed by atoms with Crippen molar-refractivity contribution in [1.82, 2.24) is 0 Å². The zero-order valence-corrected chi connectivity index (χ0v) is 9.52. The van der Waals surface area contributed by atoms with E-state index >= 15 is 0 Å². The van der Waals surface area contributed by atoms with Gasteiger partial charge in [0.25, 0.3) is 0 Å². The van der Waals surface area contributed by atoms with E-state index in [4.69, 9.17) is 5.26 Å². The Morgan fingerprint density at radius 2 is 2.29 bits per heavy atom. The molecule has 0 spiro atoms. The van der Waals surface area contributed by atoms with Crippen molar-refractivity contribution in [3.05, 3.63) is 27.5 Å². The van der Waals surface area contributed by atoms with Crippen LogP contribution in [0, 0.1) is 11.3 Å². The smallest absolute Gasteiger partial charge is 0.124 e. The number of hydrogen-bond acceptors (Lipinski definition) is 3. The zero-order chi connectivity index (χ0) is 10.1. The highest BCUT2D eigenvalue weighted by molar-refractivity contribution is 9.11. The topological polar surface area (TPSA) is 44.0 Å². The molecule has 0 aliphatic heterocycles. The zero-order valence-electron chi connectivity index (χ0n) is 7.12. The first-order chi connectivity index (χ1) is 6.74. The summed E-state index contributed by atoms with van der Waals surface area (Å²) < 4.78 is 1.93. The first-order valence-electron chi connectivity index (χ1n) is 4.00. The van der Waals surface area contributed by atoms with Gasteiger partial charge in [-0.25, -0.2) is 0 Å². The van der Waals surface area contributed by atoms with Crippen LogP contribution in [-0.2, 0) is 6.42 Å². The Morgan fingerprint density at radius 1 is 1.50 bits per heavy atom.